The maximum Gasteiger partial charge on any atom is 0.341 e. The lowest BCUT2D eigenvalue weighted by molar-refractivity contribution is 0.0599. The molecule has 0 aromatic carbocycles. The van der Waals surface area contributed by atoms with Gasteiger partial charge in [-0.3, -0.25) is 0 Å². The van der Waals surface area contributed by atoms with E-state index in [0.29, 0.717) is 34.6 Å². The first-order valence-electron chi connectivity index (χ1n) is 7.10. The second-order valence-electron chi connectivity index (χ2n) is 6.80. The van der Waals surface area contributed by atoms with Crippen LogP contribution in [0.25, 0.3) is 0 Å². The Hall–Kier alpha value is -1.29. The van der Waals surface area contributed by atoms with Crippen LogP contribution in [0.3, 0.4) is 0 Å². The minimum Gasteiger partial charge on any atom is -0.465 e. The highest BCUT2D eigenvalue weighted by Gasteiger charge is 2.63. The number of hydrogen-bond donors (Lipinski definition) is 1. The topological polar surface area (TPSA) is 51.5 Å². The Morgan fingerprint density at radius 3 is 2.45 bits per heavy atom. The monoisotopic (exact) mass is 279 g/mol. The number of carbonyl (C=O) groups is 1. The maximum absolute atomic E-state index is 11.5. The molecule has 1 heterocycles. The van der Waals surface area contributed by atoms with Gasteiger partial charge in [-0.05, 0) is 36.3 Å². The molecule has 0 unspecified atom stereocenters. The molecule has 0 atom stereocenters. The van der Waals surface area contributed by atoms with Crippen LogP contribution in [-0.2, 0) is 11.3 Å². The molecule has 0 spiro atoms. The van der Waals surface area contributed by atoms with Crippen molar-refractivity contribution in [3.8, 4) is 0 Å². The number of furan rings is 1. The molecule has 4 heteroatoms. The third-order valence-electron chi connectivity index (χ3n) is 5.34. The number of hydrogen-bond acceptors (Lipinski definition) is 4. The van der Waals surface area contributed by atoms with E-state index in [4.69, 9.17) is 9.15 Å². The van der Waals surface area contributed by atoms with E-state index in [1.165, 1.54) is 7.11 Å². The molecule has 0 amide bonds. The molecule has 0 saturated heterocycles. The van der Waals surface area contributed by atoms with E-state index >= 15 is 0 Å². The molecular weight excluding hydrogens is 254 g/mol. The normalized spacial score (nSPS) is 19.9. The maximum atomic E-state index is 11.5. The molecule has 2 rings (SSSR count). The zero-order valence-electron chi connectivity index (χ0n) is 13.3. The molecule has 1 aromatic heterocycles. The summed E-state index contributed by atoms with van der Waals surface area (Å²) in [4.78, 5) is 11.5. The van der Waals surface area contributed by atoms with Crippen molar-refractivity contribution in [2.75, 3.05) is 13.7 Å². The number of nitrogens with one attached hydrogen (secondary N) is 1. The van der Waals surface area contributed by atoms with Gasteiger partial charge in [0.2, 0.25) is 0 Å². The summed E-state index contributed by atoms with van der Waals surface area (Å²) < 4.78 is 10.3. The number of methoxy groups -OCH3 is 1. The van der Waals surface area contributed by atoms with Crippen molar-refractivity contribution in [2.45, 2.75) is 41.2 Å². The van der Waals surface area contributed by atoms with Crippen LogP contribution in [0.5, 0.6) is 0 Å². The Morgan fingerprint density at radius 2 is 1.95 bits per heavy atom. The van der Waals surface area contributed by atoms with Crippen molar-refractivity contribution < 1.29 is 13.9 Å². The average molecular weight is 279 g/mol. The fraction of sp³-hybridized carbons (Fsp3) is 0.688. The Balaban J connectivity index is 1.89. The van der Waals surface area contributed by atoms with E-state index in [1.807, 2.05) is 0 Å². The molecule has 4 nitrogen and oxygen atoms in total. The molecule has 1 aliphatic rings. The first-order valence-corrected chi connectivity index (χ1v) is 7.10. The molecule has 1 aliphatic carbocycles. The molecule has 0 aliphatic heterocycles. The highest BCUT2D eigenvalue weighted by atomic mass is 16.5. The highest BCUT2D eigenvalue weighted by Crippen LogP contribution is 2.67. The third kappa shape index (κ3) is 2.37. The molecule has 1 N–H and O–H groups in total. The second-order valence-corrected chi connectivity index (χ2v) is 6.80. The summed E-state index contributed by atoms with van der Waals surface area (Å²) >= 11 is 0. The van der Waals surface area contributed by atoms with E-state index in [0.717, 1.165) is 12.3 Å². The van der Waals surface area contributed by atoms with Crippen molar-refractivity contribution in [3.05, 3.63) is 23.2 Å². The largest absolute Gasteiger partial charge is 0.465 e. The summed E-state index contributed by atoms with van der Waals surface area (Å²) in [6.45, 7) is 12.6. The standard InChI is InChI=1S/C16H25NO3/c1-10-12(14(18)19-6)7-11(20-10)8-17-9-13-15(2,3)16(13,4)5/h7,13,17H,8-9H2,1-6H3. The van der Waals surface area contributed by atoms with Crippen molar-refractivity contribution in [3.63, 3.8) is 0 Å². The number of aryl methyl sites for hydroxylation is 1. The molecule has 1 aromatic rings. The van der Waals surface area contributed by atoms with Crippen molar-refractivity contribution >= 4 is 5.97 Å². The van der Waals surface area contributed by atoms with Crippen LogP contribution in [-0.4, -0.2) is 19.6 Å². The van der Waals surface area contributed by atoms with Crippen LogP contribution in [0, 0.1) is 23.7 Å². The minimum absolute atomic E-state index is 0.345. The molecular formula is C16H25NO3. The van der Waals surface area contributed by atoms with Crippen LogP contribution >= 0.6 is 0 Å². The quantitative estimate of drug-likeness (QED) is 0.841. The SMILES string of the molecule is COC(=O)c1cc(CNCC2C(C)(C)C2(C)C)oc1C. The van der Waals surface area contributed by atoms with Gasteiger partial charge in [0, 0.05) is 0 Å². The Bertz CT molecular complexity index is 500. The van der Waals surface area contributed by atoms with Gasteiger partial charge in [0.15, 0.2) is 0 Å². The minimum atomic E-state index is -0.345. The Labute approximate surface area is 120 Å². The predicted molar refractivity (Wildman–Crippen MR) is 77.5 cm³/mol. The Kier molecular flexibility index (Phi) is 3.71. The molecule has 1 fully saturated rings. The van der Waals surface area contributed by atoms with Crippen LogP contribution in [0.4, 0.5) is 0 Å². The van der Waals surface area contributed by atoms with Gasteiger partial charge >= 0.3 is 5.97 Å². The van der Waals surface area contributed by atoms with Gasteiger partial charge < -0.3 is 14.5 Å². The zero-order chi connectivity index (χ0) is 15.1. The van der Waals surface area contributed by atoms with E-state index in [9.17, 15) is 4.79 Å². The smallest absolute Gasteiger partial charge is 0.341 e. The fourth-order valence-electron chi connectivity index (χ4n) is 3.13. The summed E-state index contributed by atoms with van der Waals surface area (Å²) in [5.74, 6) is 1.72. The van der Waals surface area contributed by atoms with Crippen LogP contribution in [0.2, 0.25) is 0 Å². The van der Waals surface area contributed by atoms with E-state index < -0.39 is 0 Å². The molecule has 112 valence electrons. The molecule has 0 radical (unpaired) electrons. The lowest BCUT2D eigenvalue weighted by Gasteiger charge is -2.04. The molecule has 20 heavy (non-hydrogen) atoms. The third-order valence-corrected chi connectivity index (χ3v) is 5.34. The summed E-state index contributed by atoms with van der Waals surface area (Å²) in [5, 5.41) is 3.43. The van der Waals surface area contributed by atoms with E-state index in [2.05, 4.69) is 33.0 Å². The van der Waals surface area contributed by atoms with E-state index in [-0.39, 0.29) is 5.97 Å². The van der Waals surface area contributed by atoms with Gasteiger partial charge in [-0.25, -0.2) is 4.79 Å². The summed E-state index contributed by atoms with van der Waals surface area (Å²) in [6, 6.07) is 1.76. The van der Waals surface area contributed by atoms with Gasteiger partial charge in [-0.15, -0.1) is 0 Å². The average Bonchev–Trinajstić information content (AvgIpc) is 2.65. The first-order chi connectivity index (χ1) is 9.21. The highest BCUT2D eigenvalue weighted by molar-refractivity contribution is 5.90. The molecule has 1 saturated carbocycles. The lowest BCUT2D eigenvalue weighted by Crippen LogP contribution is -2.18. The number of carbonyl (C=O) groups excluding carboxylic acids is 1. The van der Waals surface area contributed by atoms with Gasteiger partial charge in [-0.2, -0.15) is 0 Å². The second kappa shape index (κ2) is 4.92. The molecule has 0 bridgehead atoms. The van der Waals surface area contributed by atoms with Crippen LogP contribution in [0.1, 0.15) is 49.6 Å². The van der Waals surface area contributed by atoms with Gasteiger partial charge in [-0.1, -0.05) is 27.7 Å². The predicted octanol–water partition coefficient (Wildman–Crippen LogP) is 3.15. The summed E-state index contributed by atoms with van der Waals surface area (Å²) in [5.41, 5.74) is 1.28. The zero-order valence-corrected chi connectivity index (χ0v) is 13.3. The van der Waals surface area contributed by atoms with Crippen molar-refractivity contribution in [1.82, 2.24) is 5.32 Å². The van der Waals surface area contributed by atoms with Crippen molar-refractivity contribution in [2.24, 2.45) is 16.7 Å². The summed E-state index contributed by atoms with van der Waals surface area (Å²) in [7, 11) is 1.38. The summed E-state index contributed by atoms with van der Waals surface area (Å²) in [6.07, 6.45) is 0. The number of esters is 1. The van der Waals surface area contributed by atoms with Crippen molar-refractivity contribution in [1.29, 1.82) is 0 Å². The number of rotatable bonds is 5. The first kappa shape index (κ1) is 15.1. The van der Waals surface area contributed by atoms with Crippen LogP contribution < -0.4 is 5.32 Å². The number of ether oxygens (including phenoxy) is 1. The lowest BCUT2D eigenvalue weighted by atomic mass is 10.0. The fourth-order valence-corrected chi connectivity index (χ4v) is 3.13. The van der Waals surface area contributed by atoms with Gasteiger partial charge in [0.1, 0.15) is 17.1 Å². The van der Waals surface area contributed by atoms with Crippen LogP contribution in [0.15, 0.2) is 10.5 Å². The van der Waals surface area contributed by atoms with E-state index in [1.54, 1.807) is 13.0 Å². The van der Waals surface area contributed by atoms with Gasteiger partial charge in [0.05, 0.1) is 13.7 Å². The van der Waals surface area contributed by atoms with Gasteiger partial charge in [0.25, 0.3) is 0 Å². The Morgan fingerprint density at radius 1 is 1.35 bits per heavy atom.